The van der Waals surface area contributed by atoms with Crippen LogP contribution in [-0.4, -0.2) is 16.3 Å². The molecule has 4 rings (SSSR count). The second-order valence-electron chi connectivity index (χ2n) is 7.13. The largest absolute Gasteiger partial charge is 0.323 e. The Labute approximate surface area is 178 Å². The number of benzene rings is 2. The van der Waals surface area contributed by atoms with Gasteiger partial charge in [0.15, 0.2) is 18.0 Å². The van der Waals surface area contributed by atoms with E-state index in [2.05, 4.69) is 9.88 Å². The van der Waals surface area contributed by atoms with Crippen molar-refractivity contribution in [2.75, 3.05) is 5.32 Å². The van der Waals surface area contributed by atoms with E-state index in [0.717, 1.165) is 36.5 Å². The highest BCUT2D eigenvalue weighted by Crippen LogP contribution is 2.30. The first-order valence-electron chi connectivity index (χ1n) is 9.40. The zero-order valence-corrected chi connectivity index (χ0v) is 17.4. The number of carbonyl (C=O) groups is 2. The van der Waals surface area contributed by atoms with Gasteiger partial charge in [0.25, 0.3) is 11.7 Å². The second kappa shape index (κ2) is 8.01. The molecule has 0 radical (unpaired) electrons. The standard InChI is InChI=1S/C22H19Cl2N3O2/c1-14(28)15-4-2-5-17(10-15)25-21(29)13-26-12-20(27-9-3-6-22(26)27)16-7-8-18(23)19(24)11-16/h2,4-5,7-8,10-12H,3,6,9,13H2,1H3/p+1. The summed E-state index contributed by atoms with van der Waals surface area (Å²) < 4.78 is 4.21. The van der Waals surface area contributed by atoms with Gasteiger partial charge in [-0.1, -0.05) is 35.3 Å². The Balaban J connectivity index is 1.58. The third kappa shape index (κ3) is 4.07. The Bertz CT molecular complexity index is 1120. The Morgan fingerprint density at radius 2 is 1.97 bits per heavy atom. The first-order valence-corrected chi connectivity index (χ1v) is 10.2. The Morgan fingerprint density at radius 3 is 2.72 bits per heavy atom. The number of Topliss-reactive ketones (excluding diaryl/α,β-unsaturated/α-hetero) is 1. The lowest BCUT2D eigenvalue weighted by molar-refractivity contribution is -0.690. The number of rotatable bonds is 5. The number of fused-ring (bicyclic) bond motifs is 1. The van der Waals surface area contributed by atoms with Gasteiger partial charge >= 0.3 is 0 Å². The molecule has 1 amide bonds. The molecule has 0 unspecified atom stereocenters. The molecule has 0 fully saturated rings. The first kappa shape index (κ1) is 19.7. The summed E-state index contributed by atoms with van der Waals surface area (Å²) in [6, 6.07) is 12.5. The fourth-order valence-electron chi connectivity index (χ4n) is 3.70. The third-order valence-electron chi connectivity index (χ3n) is 5.08. The minimum absolute atomic E-state index is 0.0352. The molecule has 0 atom stereocenters. The van der Waals surface area contributed by atoms with E-state index in [9.17, 15) is 9.59 Å². The quantitative estimate of drug-likeness (QED) is 0.479. The van der Waals surface area contributed by atoms with E-state index < -0.39 is 0 Å². The van der Waals surface area contributed by atoms with Crippen LogP contribution < -0.4 is 9.88 Å². The number of anilines is 1. The Kier molecular flexibility index (Phi) is 5.43. The molecule has 0 bridgehead atoms. The third-order valence-corrected chi connectivity index (χ3v) is 5.82. The maximum Gasteiger partial charge on any atom is 0.266 e. The van der Waals surface area contributed by atoms with Crippen LogP contribution >= 0.6 is 23.2 Å². The number of ketones is 1. The van der Waals surface area contributed by atoms with Gasteiger partial charge < -0.3 is 5.32 Å². The summed E-state index contributed by atoms with van der Waals surface area (Å²) in [6.07, 6.45) is 3.93. The van der Waals surface area contributed by atoms with E-state index in [0.29, 0.717) is 21.3 Å². The van der Waals surface area contributed by atoms with E-state index in [1.54, 1.807) is 30.3 Å². The molecular weight excluding hydrogens is 409 g/mol. The number of carbonyl (C=O) groups excluding carboxylic acids is 2. The first-order chi connectivity index (χ1) is 13.9. The molecule has 1 aliphatic rings. The fourth-order valence-corrected chi connectivity index (χ4v) is 4.00. The highest BCUT2D eigenvalue weighted by Gasteiger charge is 2.29. The molecule has 0 saturated carbocycles. The maximum atomic E-state index is 12.6. The van der Waals surface area contributed by atoms with Crippen LogP contribution in [0.3, 0.4) is 0 Å². The highest BCUT2D eigenvalue weighted by molar-refractivity contribution is 6.42. The van der Waals surface area contributed by atoms with Gasteiger partial charge in [-0.05, 0) is 43.7 Å². The smallest absolute Gasteiger partial charge is 0.266 e. The lowest BCUT2D eigenvalue weighted by Crippen LogP contribution is -2.42. The highest BCUT2D eigenvalue weighted by atomic mass is 35.5. The van der Waals surface area contributed by atoms with E-state index in [4.69, 9.17) is 23.2 Å². The Hall–Kier alpha value is -2.63. The molecule has 1 aliphatic heterocycles. The van der Waals surface area contributed by atoms with Crippen molar-refractivity contribution >= 4 is 40.6 Å². The molecule has 1 N–H and O–H groups in total. The lowest BCUT2D eigenvalue weighted by Gasteiger charge is -2.05. The van der Waals surface area contributed by atoms with E-state index in [-0.39, 0.29) is 18.2 Å². The van der Waals surface area contributed by atoms with E-state index in [1.807, 2.05) is 22.9 Å². The average Bonchev–Trinajstić information content (AvgIpc) is 3.28. The maximum absolute atomic E-state index is 12.6. The van der Waals surface area contributed by atoms with Crippen LogP contribution in [0.15, 0.2) is 48.7 Å². The van der Waals surface area contributed by atoms with Gasteiger partial charge in [-0.2, -0.15) is 0 Å². The number of amides is 1. The van der Waals surface area contributed by atoms with Gasteiger partial charge in [0.2, 0.25) is 0 Å². The lowest BCUT2D eigenvalue weighted by atomic mass is 10.1. The number of hydrogen-bond donors (Lipinski definition) is 1. The SMILES string of the molecule is CC(=O)c1cccc(NC(=O)C[n+]2cc(-c3ccc(Cl)c(Cl)c3)n3c2CCC3)c1. The van der Waals surface area contributed by atoms with Gasteiger partial charge in [-0.25, -0.2) is 9.13 Å². The summed E-state index contributed by atoms with van der Waals surface area (Å²) in [5, 5.41) is 3.91. The number of imidazole rings is 1. The predicted molar refractivity (Wildman–Crippen MR) is 113 cm³/mol. The molecule has 148 valence electrons. The average molecular weight is 429 g/mol. The van der Waals surface area contributed by atoms with Crippen molar-refractivity contribution in [1.82, 2.24) is 4.57 Å². The molecule has 5 nitrogen and oxygen atoms in total. The van der Waals surface area contributed by atoms with Crippen molar-refractivity contribution in [1.29, 1.82) is 0 Å². The summed E-state index contributed by atoms with van der Waals surface area (Å²) in [7, 11) is 0. The zero-order chi connectivity index (χ0) is 20.5. The normalized spacial score (nSPS) is 12.7. The molecule has 0 spiro atoms. The van der Waals surface area contributed by atoms with E-state index in [1.165, 1.54) is 6.92 Å². The summed E-state index contributed by atoms with van der Waals surface area (Å²) >= 11 is 12.2. The molecule has 0 saturated heterocycles. The molecule has 2 aromatic carbocycles. The number of halogens is 2. The summed E-state index contributed by atoms with van der Waals surface area (Å²) in [6.45, 7) is 2.60. The fraction of sp³-hybridized carbons (Fsp3) is 0.227. The van der Waals surface area contributed by atoms with Crippen molar-refractivity contribution in [3.8, 4) is 11.3 Å². The van der Waals surface area contributed by atoms with Crippen molar-refractivity contribution in [2.45, 2.75) is 32.9 Å². The number of hydrogen-bond acceptors (Lipinski definition) is 2. The van der Waals surface area contributed by atoms with Crippen molar-refractivity contribution < 1.29 is 14.2 Å². The van der Waals surface area contributed by atoms with Gasteiger partial charge in [-0.15, -0.1) is 0 Å². The minimum Gasteiger partial charge on any atom is -0.323 e. The number of nitrogens with one attached hydrogen (secondary N) is 1. The predicted octanol–water partition coefficient (Wildman–Crippen LogP) is 4.54. The number of aromatic nitrogens is 2. The summed E-state index contributed by atoms with van der Waals surface area (Å²) in [4.78, 5) is 24.2. The van der Waals surface area contributed by atoms with Crippen LogP contribution in [-0.2, 0) is 24.3 Å². The van der Waals surface area contributed by atoms with Crippen LogP contribution in [0.25, 0.3) is 11.3 Å². The second-order valence-corrected chi connectivity index (χ2v) is 7.94. The van der Waals surface area contributed by atoms with Crippen molar-refractivity contribution in [2.24, 2.45) is 0 Å². The molecule has 3 aromatic rings. The summed E-state index contributed by atoms with van der Waals surface area (Å²) in [5.41, 5.74) is 3.17. The number of nitrogens with zero attached hydrogens (tertiary/aromatic N) is 2. The molecule has 0 aliphatic carbocycles. The van der Waals surface area contributed by atoms with Gasteiger partial charge in [0.1, 0.15) is 6.20 Å². The topological polar surface area (TPSA) is 55.0 Å². The van der Waals surface area contributed by atoms with Crippen LogP contribution in [0.1, 0.15) is 29.5 Å². The van der Waals surface area contributed by atoms with E-state index >= 15 is 0 Å². The van der Waals surface area contributed by atoms with Gasteiger partial charge in [0.05, 0.1) is 23.0 Å². The van der Waals surface area contributed by atoms with Gasteiger partial charge in [0, 0.05) is 16.8 Å². The molecular formula is C22H20Cl2N3O2+. The van der Waals surface area contributed by atoms with Crippen molar-refractivity contribution in [3.63, 3.8) is 0 Å². The minimum atomic E-state index is -0.142. The van der Waals surface area contributed by atoms with Crippen LogP contribution in [0.5, 0.6) is 0 Å². The summed E-state index contributed by atoms with van der Waals surface area (Å²) in [5.74, 6) is 0.933. The molecule has 7 heteroatoms. The monoisotopic (exact) mass is 428 g/mol. The van der Waals surface area contributed by atoms with Crippen LogP contribution in [0.4, 0.5) is 5.69 Å². The Morgan fingerprint density at radius 1 is 1.14 bits per heavy atom. The van der Waals surface area contributed by atoms with Crippen LogP contribution in [0, 0.1) is 0 Å². The van der Waals surface area contributed by atoms with Crippen molar-refractivity contribution in [3.05, 3.63) is 70.1 Å². The molecule has 2 heterocycles. The molecule has 1 aromatic heterocycles. The van der Waals surface area contributed by atoms with Crippen LogP contribution in [0.2, 0.25) is 10.0 Å². The van der Waals surface area contributed by atoms with Gasteiger partial charge in [-0.3, -0.25) is 9.59 Å². The molecule has 29 heavy (non-hydrogen) atoms. The zero-order valence-electron chi connectivity index (χ0n) is 15.9.